The molecule has 0 bridgehead atoms. The van der Waals surface area contributed by atoms with Crippen LogP contribution in [-0.2, 0) is 10.8 Å². The molecule has 0 radical (unpaired) electrons. The largest absolute Gasteiger partial charge is 0.318 e. The quantitative estimate of drug-likeness (QED) is 0.514. The van der Waals surface area contributed by atoms with Crippen LogP contribution >= 0.6 is 0 Å². The highest BCUT2D eigenvalue weighted by atomic mass is 32.2. The Bertz CT molecular complexity index is 85.4. The fraction of sp³-hybridized carbons (Fsp3) is 1.00. The summed E-state index contributed by atoms with van der Waals surface area (Å²) in [6.45, 7) is 0.628. The summed E-state index contributed by atoms with van der Waals surface area (Å²) in [5, 5.41) is -3.03. The maximum atomic E-state index is 11.5. The Balaban J connectivity index is 3.79. The molecule has 0 fully saturated rings. The van der Waals surface area contributed by atoms with Crippen LogP contribution in [-0.4, -0.2) is 15.7 Å². The summed E-state index contributed by atoms with van der Waals surface area (Å²) >= 11 is 0. The van der Waals surface area contributed by atoms with Gasteiger partial charge in [0.15, 0.2) is 0 Å². The van der Waals surface area contributed by atoms with Crippen LogP contribution in [0.2, 0.25) is 0 Å². The average molecular weight is 128 g/mol. The molecule has 44 valence electrons. The molecule has 0 spiro atoms. The van der Waals surface area contributed by atoms with Crippen molar-refractivity contribution in [1.29, 1.82) is 0 Å². The van der Waals surface area contributed by atoms with E-state index in [1.807, 2.05) is 0 Å². The minimum atomic E-state index is -3.03. The zero-order chi connectivity index (χ0) is 6.08. The number of hydrogen-bond acceptors (Lipinski definition) is 1. The van der Waals surface area contributed by atoms with Gasteiger partial charge in [-0.3, -0.25) is 4.21 Å². The molecule has 0 saturated heterocycles. The lowest BCUT2D eigenvalue weighted by Gasteiger charge is -2.02. The smallest absolute Gasteiger partial charge is 0.254 e. The Morgan fingerprint density at radius 1 is 1.57 bits per heavy atom. The van der Waals surface area contributed by atoms with E-state index in [9.17, 15) is 13.0 Å². The van der Waals surface area contributed by atoms with Gasteiger partial charge in [-0.2, -0.15) is 8.78 Å². The van der Waals surface area contributed by atoms with Crippen LogP contribution in [0.25, 0.3) is 0 Å². The molecule has 0 saturated carbocycles. The highest BCUT2D eigenvalue weighted by Gasteiger charge is 2.25. The van der Waals surface area contributed by atoms with Gasteiger partial charge in [0, 0.05) is 13.2 Å². The van der Waals surface area contributed by atoms with E-state index in [0.29, 0.717) is 6.92 Å². The van der Waals surface area contributed by atoms with Crippen LogP contribution in [0.15, 0.2) is 0 Å². The average Bonchev–Trinajstić information content (AvgIpc) is 1.31. The monoisotopic (exact) mass is 128 g/mol. The molecule has 0 N–H and O–H groups in total. The molecule has 1 nitrogen and oxygen atoms in total. The summed E-state index contributed by atoms with van der Waals surface area (Å²) in [6, 6.07) is 0. The maximum Gasteiger partial charge on any atom is 0.318 e. The lowest BCUT2D eigenvalue weighted by atomic mass is 10.9. The Kier molecular flexibility index (Phi) is 1.86. The minimum absolute atomic E-state index is 0.628. The molecule has 0 aliphatic rings. The molecule has 1 unspecified atom stereocenters. The van der Waals surface area contributed by atoms with Gasteiger partial charge in [0.1, 0.15) is 0 Å². The Morgan fingerprint density at radius 2 is 1.71 bits per heavy atom. The SMILES string of the molecule is CS(=O)C(C)(F)F. The second kappa shape index (κ2) is 1.86. The van der Waals surface area contributed by atoms with Crippen LogP contribution < -0.4 is 0 Å². The third kappa shape index (κ3) is 2.68. The van der Waals surface area contributed by atoms with Crippen LogP contribution in [0.3, 0.4) is 0 Å². The van der Waals surface area contributed by atoms with E-state index < -0.39 is 16.1 Å². The van der Waals surface area contributed by atoms with Gasteiger partial charge in [-0.15, -0.1) is 0 Å². The third-order valence-electron chi connectivity index (χ3n) is 0.505. The van der Waals surface area contributed by atoms with E-state index >= 15 is 0 Å². The second-order valence-corrected chi connectivity index (χ2v) is 2.89. The van der Waals surface area contributed by atoms with E-state index in [1.165, 1.54) is 0 Å². The number of halogens is 2. The van der Waals surface area contributed by atoms with Gasteiger partial charge in [0.05, 0.1) is 10.8 Å². The molecule has 0 heterocycles. The molecule has 0 aromatic heterocycles. The number of alkyl halides is 2. The van der Waals surface area contributed by atoms with Gasteiger partial charge >= 0.3 is 5.25 Å². The van der Waals surface area contributed by atoms with Crippen molar-refractivity contribution in [3.63, 3.8) is 0 Å². The molecule has 0 aliphatic carbocycles. The van der Waals surface area contributed by atoms with Crippen LogP contribution in [0.5, 0.6) is 0 Å². The van der Waals surface area contributed by atoms with Gasteiger partial charge in [0.2, 0.25) is 0 Å². The zero-order valence-corrected chi connectivity index (χ0v) is 4.89. The highest BCUT2D eigenvalue weighted by Crippen LogP contribution is 2.13. The predicted molar refractivity (Wildman–Crippen MR) is 24.7 cm³/mol. The molecule has 0 aromatic carbocycles. The molecule has 0 rings (SSSR count). The molecule has 0 amide bonds. The van der Waals surface area contributed by atoms with E-state index in [0.717, 1.165) is 6.26 Å². The van der Waals surface area contributed by atoms with Crippen LogP contribution in [0.4, 0.5) is 8.78 Å². The lowest BCUT2D eigenvalue weighted by Crippen LogP contribution is -2.15. The van der Waals surface area contributed by atoms with Gasteiger partial charge in [-0.1, -0.05) is 0 Å². The fourth-order valence-electron chi connectivity index (χ4n) is 0. The summed E-state index contributed by atoms with van der Waals surface area (Å²) in [5.74, 6) is 0. The van der Waals surface area contributed by atoms with Crippen molar-refractivity contribution in [2.45, 2.75) is 12.2 Å². The van der Waals surface area contributed by atoms with E-state index in [2.05, 4.69) is 0 Å². The van der Waals surface area contributed by atoms with Crippen molar-refractivity contribution in [3.8, 4) is 0 Å². The molecule has 0 aromatic rings. The van der Waals surface area contributed by atoms with Gasteiger partial charge in [-0.05, 0) is 0 Å². The minimum Gasteiger partial charge on any atom is -0.254 e. The van der Waals surface area contributed by atoms with Crippen molar-refractivity contribution >= 4 is 10.8 Å². The number of rotatable bonds is 1. The van der Waals surface area contributed by atoms with E-state index in [-0.39, 0.29) is 0 Å². The zero-order valence-electron chi connectivity index (χ0n) is 4.07. The van der Waals surface area contributed by atoms with Crippen molar-refractivity contribution < 1.29 is 13.0 Å². The first kappa shape index (κ1) is 7.01. The molecular formula is C3H6F2OS. The first-order valence-corrected chi connectivity index (χ1v) is 3.22. The standard InChI is InChI=1S/C3H6F2OS/c1-3(4,5)7(2)6/h1-2H3. The summed E-state index contributed by atoms with van der Waals surface area (Å²) in [4.78, 5) is 0. The molecule has 7 heavy (non-hydrogen) atoms. The Hall–Kier alpha value is 0.01000. The van der Waals surface area contributed by atoms with E-state index in [1.54, 1.807) is 0 Å². The van der Waals surface area contributed by atoms with Crippen LogP contribution in [0.1, 0.15) is 6.92 Å². The first-order valence-electron chi connectivity index (χ1n) is 1.66. The van der Waals surface area contributed by atoms with E-state index in [4.69, 9.17) is 0 Å². The molecular weight excluding hydrogens is 122 g/mol. The van der Waals surface area contributed by atoms with Gasteiger partial charge in [-0.25, -0.2) is 0 Å². The summed E-state index contributed by atoms with van der Waals surface area (Å²) in [5.41, 5.74) is 0. The Morgan fingerprint density at radius 3 is 1.71 bits per heavy atom. The topological polar surface area (TPSA) is 17.1 Å². The van der Waals surface area contributed by atoms with Crippen molar-refractivity contribution in [2.75, 3.05) is 6.26 Å². The normalized spacial score (nSPS) is 16.6. The fourth-order valence-corrected chi connectivity index (χ4v) is 0. The van der Waals surface area contributed by atoms with Crippen molar-refractivity contribution in [1.82, 2.24) is 0 Å². The summed E-state index contributed by atoms with van der Waals surface area (Å²) < 4.78 is 32.9. The molecule has 0 aliphatic heterocycles. The Labute approximate surface area is 43.2 Å². The number of hydrogen-bond donors (Lipinski definition) is 0. The molecule has 1 atom stereocenters. The first-order chi connectivity index (χ1) is 2.94. The summed E-state index contributed by atoms with van der Waals surface area (Å²) in [6.07, 6.45) is 0.972. The molecule has 4 heteroatoms. The lowest BCUT2D eigenvalue weighted by molar-refractivity contribution is 0.122. The van der Waals surface area contributed by atoms with Crippen LogP contribution in [0, 0.1) is 0 Å². The van der Waals surface area contributed by atoms with Gasteiger partial charge < -0.3 is 0 Å². The van der Waals surface area contributed by atoms with Gasteiger partial charge in [0.25, 0.3) is 0 Å². The van der Waals surface area contributed by atoms with Crippen molar-refractivity contribution in [3.05, 3.63) is 0 Å². The third-order valence-corrected chi connectivity index (χ3v) is 1.51. The predicted octanol–water partition coefficient (Wildman–Crippen LogP) is 0.978. The highest BCUT2D eigenvalue weighted by molar-refractivity contribution is 7.85. The summed E-state index contributed by atoms with van der Waals surface area (Å²) in [7, 11) is -2.02. The van der Waals surface area contributed by atoms with Crippen molar-refractivity contribution in [2.24, 2.45) is 0 Å². The second-order valence-electron chi connectivity index (χ2n) is 1.26. The maximum absolute atomic E-state index is 11.5.